The first-order valence-electron chi connectivity index (χ1n) is 9.69. The molecule has 1 saturated heterocycles. The third-order valence-corrected chi connectivity index (χ3v) is 4.91. The molecule has 1 fully saturated rings. The quantitative estimate of drug-likeness (QED) is 0.732. The number of nitrogens with zero attached hydrogens (tertiary/aromatic N) is 6. The third kappa shape index (κ3) is 4.53. The maximum absolute atomic E-state index is 12.8. The number of amides is 1. The van der Waals surface area contributed by atoms with Crippen LogP contribution in [0.4, 0.5) is 11.8 Å². The van der Waals surface area contributed by atoms with Crippen LogP contribution in [0.25, 0.3) is 0 Å². The summed E-state index contributed by atoms with van der Waals surface area (Å²) < 4.78 is 0. The number of rotatable bonds is 4. The minimum absolute atomic E-state index is 0.00803. The first-order valence-corrected chi connectivity index (χ1v) is 9.69. The Hall–Kier alpha value is -3.42. The van der Waals surface area contributed by atoms with Crippen molar-refractivity contribution in [3.8, 4) is 0 Å². The molecular weight excluding hydrogens is 366 g/mol. The van der Waals surface area contributed by atoms with Gasteiger partial charge < -0.3 is 10.2 Å². The highest BCUT2D eigenvalue weighted by atomic mass is 16.2. The molecule has 0 aliphatic carbocycles. The van der Waals surface area contributed by atoms with Gasteiger partial charge in [0.25, 0.3) is 5.91 Å². The van der Waals surface area contributed by atoms with Gasteiger partial charge in [-0.1, -0.05) is 0 Å². The molecule has 8 nitrogen and oxygen atoms in total. The van der Waals surface area contributed by atoms with Crippen LogP contribution in [0.2, 0.25) is 0 Å². The second-order valence-electron chi connectivity index (χ2n) is 7.26. The van der Waals surface area contributed by atoms with Gasteiger partial charge >= 0.3 is 0 Å². The summed E-state index contributed by atoms with van der Waals surface area (Å²) in [5.74, 6) is 1.25. The Labute approximate surface area is 169 Å². The maximum Gasteiger partial charge on any atom is 0.255 e. The van der Waals surface area contributed by atoms with E-state index in [9.17, 15) is 4.79 Å². The molecule has 0 saturated carbocycles. The summed E-state index contributed by atoms with van der Waals surface area (Å²) in [7, 11) is 0. The van der Waals surface area contributed by atoms with E-state index in [1.807, 2.05) is 24.8 Å². The number of hydrogen-bond acceptors (Lipinski definition) is 7. The van der Waals surface area contributed by atoms with E-state index in [0.717, 1.165) is 36.5 Å². The van der Waals surface area contributed by atoms with Gasteiger partial charge in [0.15, 0.2) is 5.82 Å². The molecule has 4 heterocycles. The normalized spacial score (nSPS) is 16.5. The van der Waals surface area contributed by atoms with Gasteiger partial charge in [-0.05, 0) is 44.9 Å². The summed E-state index contributed by atoms with van der Waals surface area (Å²) in [6.45, 7) is 5.22. The number of aryl methyl sites for hydroxylation is 2. The molecule has 3 aromatic rings. The molecule has 1 aliphatic heterocycles. The smallest absolute Gasteiger partial charge is 0.255 e. The van der Waals surface area contributed by atoms with Crippen LogP contribution in [-0.4, -0.2) is 48.8 Å². The Balaban J connectivity index is 1.49. The molecule has 8 heteroatoms. The maximum atomic E-state index is 12.8. The van der Waals surface area contributed by atoms with Crippen LogP contribution in [0, 0.1) is 13.8 Å². The van der Waals surface area contributed by atoms with Crippen molar-refractivity contribution in [3.63, 3.8) is 0 Å². The van der Waals surface area contributed by atoms with E-state index >= 15 is 0 Å². The Bertz CT molecular complexity index is 989. The first-order chi connectivity index (χ1) is 14.1. The van der Waals surface area contributed by atoms with Gasteiger partial charge in [-0.25, -0.2) is 15.0 Å². The number of hydrogen-bond donors (Lipinski definition) is 1. The standard InChI is InChI=1S/C21H23N7O/c1-14-9-15(2)25-21(24-14)27-19-12-23-11-18(26-19)17-6-4-8-28(13-17)20(29)16-5-3-7-22-10-16/h3,5,7,9-12,17H,4,6,8,13H2,1-2H3,(H,24,25,26,27)/t17-/m0/s1. The average Bonchev–Trinajstić information content (AvgIpc) is 2.73. The van der Waals surface area contributed by atoms with Crippen LogP contribution in [0.15, 0.2) is 43.0 Å². The SMILES string of the molecule is Cc1cc(C)nc(Nc2cncc([C@H]3CCCN(C(=O)c4cccnc4)C3)n2)n1. The molecule has 0 spiro atoms. The lowest BCUT2D eigenvalue weighted by Crippen LogP contribution is -2.39. The van der Waals surface area contributed by atoms with Crippen molar-refractivity contribution in [1.29, 1.82) is 0 Å². The van der Waals surface area contributed by atoms with Crippen molar-refractivity contribution in [2.75, 3.05) is 18.4 Å². The van der Waals surface area contributed by atoms with Crippen molar-refractivity contribution >= 4 is 17.7 Å². The number of aromatic nitrogens is 5. The molecule has 0 aromatic carbocycles. The first kappa shape index (κ1) is 18.9. The molecule has 1 aliphatic rings. The van der Waals surface area contributed by atoms with Gasteiger partial charge in [-0.3, -0.25) is 14.8 Å². The molecule has 29 heavy (non-hydrogen) atoms. The van der Waals surface area contributed by atoms with E-state index in [-0.39, 0.29) is 11.8 Å². The monoisotopic (exact) mass is 389 g/mol. The highest BCUT2D eigenvalue weighted by Crippen LogP contribution is 2.27. The molecule has 4 rings (SSSR count). The van der Waals surface area contributed by atoms with Crippen LogP contribution >= 0.6 is 0 Å². The van der Waals surface area contributed by atoms with Crippen molar-refractivity contribution in [3.05, 3.63) is 65.6 Å². The summed E-state index contributed by atoms with van der Waals surface area (Å²) in [5.41, 5.74) is 3.26. The van der Waals surface area contributed by atoms with Crippen molar-refractivity contribution in [2.45, 2.75) is 32.6 Å². The van der Waals surface area contributed by atoms with Gasteiger partial charge in [-0.15, -0.1) is 0 Å². The Kier molecular flexibility index (Phi) is 5.41. The highest BCUT2D eigenvalue weighted by molar-refractivity contribution is 5.94. The summed E-state index contributed by atoms with van der Waals surface area (Å²) in [6.07, 6.45) is 8.61. The van der Waals surface area contributed by atoms with E-state index in [4.69, 9.17) is 4.98 Å². The van der Waals surface area contributed by atoms with Crippen LogP contribution < -0.4 is 5.32 Å². The number of carbonyl (C=O) groups is 1. The fourth-order valence-corrected chi connectivity index (χ4v) is 3.61. The van der Waals surface area contributed by atoms with Crippen molar-refractivity contribution in [2.24, 2.45) is 0 Å². The second-order valence-corrected chi connectivity index (χ2v) is 7.26. The Morgan fingerprint density at radius 3 is 2.69 bits per heavy atom. The summed E-state index contributed by atoms with van der Waals surface area (Å²) in [5, 5.41) is 3.14. The van der Waals surface area contributed by atoms with E-state index in [0.29, 0.717) is 23.9 Å². The zero-order valence-corrected chi connectivity index (χ0v) is 16.5. The summed E-state index contributed by atoms with van der Waals surface area (Å²) in [6, 6.07) is 5.50. The van der Waals surface area contributed by atoms with Gasteiger partial charge in [0, 0.05) is 49.0 Å². The van der Waals surface area contributed by atoms with Crippen LogP contribution in [-0.2, 0) is 0 Å². The number of anilines is 2. The molecule has 3 aromatic heterocycles. The fraction of sp³-hybridized carbons (Fsp3) is 0.333. The molecule has 0 radical (unpaired) electrons. The Morgan fingerprint density at radius 2 is 1.93 bits per heavy atom. The van der Waals surface area contributed by atoms with Gasteiger partial charge in [-0.2, -0.15) is 0 Å². The predicted octanol–water partition coefficient (Wildman–Crippen LogP) is 3.04. The molecule has 0 bridgehead atoms. The fourth-order valence-electron chi connectivity index (χ4n) is 3.61. The van der Waals surface area contributed by atoms with Crippen molar-refractivity contribution in [1.82, 2.24) is 29.8 Å². The molecule has 1 atom stereocenters. The molecule has 1 N–H and O–H groups in total. The predicted molar refractivity (Wildman–Crippen MR) is 109 cm³/mol. The second kappa shape index (κ2) is 8.30. The van der Waals surface area contributed by atoms with E-state index in [2.05, 4.69) is 25.3 Å². The lowest BCUT2D eigenvalue weighted by atomic mass is 9.94. The van der Waals surface area contributed by atoms with E-state index < -0.39 is 0 Å². The van der Waals surface area contributed by atoms with E-state index in [1.54, 1.807) is 36.9 Å². The Morgan fingerprint density at radius 1 is 1.10 bits per heavy atom. The van der Waals surface area contributed by atoms with Gasteiger partial charge in [0.05, 0.1) is 17.5 Å². The summed E-state index contributed by atoms with van der Waals surface area (Å²) >= 11 is 0. The number of piperidine rings is 1. The number of carbonyl (C=O) groups excluding carboxylic acids is 1. The minimum atomic E-state index is 0.00803. The zero-order valence-electron chi connectivity index (χ0n) is 16.5. The molecular formula is C21H23N7O. The zero-order chi connectivity index (χ0) is 20.2. The van der Waals surface area contributed by atoms with Gasteiger partial charge in [0.1, 0.15) is 0 Å². The highest BCUT2D eigenvalue weighted by Gasteiger charge is 2.26. The van der Waals surface area contributed by atoms with Crippen LogP contribution in [0.1, 0.15) is 46.2 Å². The lowest BCUT2D eigenvalue weighted by Gasteiger charge is -2.32. The van der Waals surface area contributed by atoms with Crippen molar-refractivity contribution < 1.29 is 4.79 Å². The third-order valence-electron chi connectivity index (χ3n) is 4.91. The van der Waals surface area contributed by atoms with Crippen LogP contribution in [0.3, 0.4) is 0 Å². The lowest BCUT2D eigenvalue weighted by molar-refractivity contribution is 0.0705. The average molecular weight is 389 g/mol. The summed E-state index contributed by atoms with van der Waals surface area (Å²) in [4.78, 5) is 36.5. The molecule has 1 amide bonds. The van der Waals surface area contributed by atoms with E-state index in [1.165, 1.54) is 0 Å². The van der Waals surface area contributed by atoms with Crippen LogP contribution in [0.5, 0.6) is 0 Å². The largest absolute Gasteiger partial charge is 0.338 e. The number of nitrogens with one attached hydrogen (secondary N) is 1. The minimum Gasteiger partial charge on any atom is -0.338 e. The molecule has 148 valence electrons. The molecule has 0 unspecified atom stereocenters. The number of likely N-dealkylation sites (tertiary alicyclic amines) is 1. The van der Waals surface area contributed by atoms with Gasteiger partial charge in [0.2, 0.25) is 5.95 Å². The number of pyridine rings is 1. The topological polar surface area (TPSA) is 96.8 Å².